The van der Waals surface area contributed by atoms with E-state index in [9.17, 15) is 0 Å². The molecule has 0 amide bonds. The Hall–Kier alpha value is -0.910. The van der Waals surface area contributed by atoms with E-state index in [0.29, 0.717) is 0 Å². The van der Waals surface area contributed by atoms with Crippen molar-refractivity contribution in [1.82, 2.24) is 0 Å². The van der Waals surface area contributed by atoms with E-state index in [-0.39, 0.29) is 0 Å². The van der Waals surface area contributed by atoms with Crippen LogP contribution >= 0.6 is 54.5 Å². The predicted octanol–water partition coefficient (Wildman–Crippen LogP) is 7.39. The average Bonchev–Trinajstić information content (AvgIpc) is 2.82. The summed E-state index contributed by atoms with van der Waals surface area (Å²) in [7, 11) is 0. The quantitative estimate of drug-likeness (QED) is 0.222. The second-order valence-electron chi connectivity index (χ2n) is 5.49. The van der Waals surface area contributed by atoms with Crippen molar-refractivity contribution in [2.24, 2.45) is 0 Å². The third-order valence-corrected chi connectivity index (χ3v) is 5.72. The second-order valence-corrected chi connectivity index (χ2v) is 8.57. The maximum Gasteiger partial charge on any atom is 0.0181 e. The molecule has 0 fully saturated rings. The van der Waals surface area contributed by atoms with Crippen LogP contribution < -0.4 is 0 Å². The molecule has 1 aliphatic carbocycles. The first-order valence-electron chi connectivity index (χ1n) is 7.19. The monoisotopic (exact) mass is 536 g/mol. The first-order chi connectivity index (χ1) is 11.1. The van der Waals surface area contributed by atoms with E-state index >= 15 is 0 Å². The van der Waals surface area contributed by atoms with Crippen LogP contribution in [-0.4, -0.2) is 0 Å². The molecule has 0 radical (unpaired) electrons. The molecular formula is C20H11Br2I. The van der Waals surface area contributed by atoms with Gasteiger partial charge >= 0.3 is 0 Å². The summed E-state index contributed by atoms with van der Waals surface area (Å²) in [5.74, 6) is 0. The Balaban J connectivity index is 1.97. The summed E-state index contributed by atoms with van der Waals surface area (Å²) >= 11 is 9.56. The summed E-state index contributed by atoms with van der Waals surface area (Å²) in [4.78, 5) is 0. The van der Waals surface area contributed by atoms with E-state index in [1.54, 1.807) is 0 Å². The van der Waals surface area contributed by atoms with Crippen molar-refractivity contribution in [3.8, 4) is 11.1 Å². The van der Waals surface area contributed by atoms with E-state index in [1.165, 1.54) is 37.0 Å². The molecule has 0 heterocycles. The Morgan fingerprint density at radius 1 is 0.652 bits per heavy atom. The van der Waals surface area contributed by atoms with Crippen molar-refractivity contribution >= 4 is 66.1 Å². The van der Waals surface area contributed by atoms with Crippen LogP contribution in [0.15, 0.2) is 69.6 Å². The van der Waals surface area contributed by atoms with E-state index in [0.717, 1.165) is 8.95 Å². The highest BCUT2D eigenvalue weighted by atomic mass is 127. The third-order valence-electron chi connectivity index (χ3n) is 4.01. The lowest BCUT2D eigenvalue weighted by Crippen LogP contribution is -1.83. The predicted molar refractivity (Wildman–Crippen MR) is 113 cm³/mol. The zero-order valence-electron chi connectivity index (χ0n) is 12.0. The molecule has 0 saturated carbocycles. The molecule has 0 saturated heterocycles. The fraction of sp³-hybridized carbons (Fsp3) is 0. The topological polar surface area (TPSA) is 0 Å². The van der Waals surface area contributed by atoms with Crippen LogP contribution in [0.25, 0.3) is 22.8 Å². The molecule has 0 N–H and O–H groups in total. The van der Waals surface area contributed by atoms with Gasteiger partial charge in [-0.05, 0) is 98.5 Å². The molecule has 0 spiro atoms. The Morgan fingerprint density at radius 3 is 1.70 bits per heavy atom. The van der Waals surface area contributed by atoms with Gasteiger partial charge in [0.2, 0.25) is 0 Å². The van der Waals surface area contributed by atoms with Gasteiger partial charge in [-0.15, -0.1) is 0 Å². The van der Waals surface area contributed by atoms with Gasteiger partial charge in [0.1, 0.15) is 0 Å². The Bertz CT molecular complexity index is 887. The smallest absolute Gasteiger partial charge is 0.0181 e. The van der Waals surface area contributed by atoms with Gasteiger partial charge in [0.15, 0.2) is 0 Å². The normalized spacial score (nSPS) is 12.0. The maximum absolute atomic E-state index is 3.61. The molecule has 3 aromatic carbocycles. The Labute approximate surface area is 166 Å². The lowest BCUT2D eigenvalue weighted by molar-refractivity contribution is 1.59. The largest absolute Gasteiger partial charge is 0.0539 e. The van der Waals surface area contributed by atoms with Crippen molar-refractivity contribution in [3.05, 3.63) is 89.9 Å². The zero-order chi connectivity index (χ0) is 16.0. The van der Waals surface area contributed by atoms with Crippen LogP contribution in [0, 0.1) is 3.57 Å². The molecule has 1 aliphatic rings. The second kappa shape index (κ2) is 6.19. The van der Waals surface area contributed by atoms with Gasteiger partial charge in [-0.1, -0.05) is 56.1 Å². The summed E-state index contributed by atoms with van der Waals surface area (Å²) in [5.41, 5.74) is 7.66. The molecule has 0 bridgehead atoms. The van der Waals surface area contributed by atoms with Gasteiger partial charge in [0.25, 0.3) is 0 Å². The molecule has 0 aliphatic heterocycles. The minimum atomic E-state index is 1.11. The van der Waals surface area contributed by atoms with Crippen molar-refractivity contribution in [1.29, 1.82) is 0 Å². The van der Waals surface area contributed by atoms with Crippen LogP contribution in [0.1, 0.15) is 16.7 Å². The maximum atomic E-state index is 3.61. The number of benzene rings is 3. The first-order valence-corrected chi connectivity index (χ1v) is 9.86. The fourth-order valence-corrected chi connectivity index (χ4v) is 4.06. The molecule has 0 unspecified atom stereocenters. The van der Waals surface area contributed by atoms with Gasteiger partial charge in [0.05, 0.1) is 0 Å². The highest BCUT2D eigenvalue weighted by Gasteiger charge is 2.23. The number of halogens is 3. The van der Waals surface area contributed by atoms with Gasteiger partial charge in [0, 0.05) is 12.5 Å². The van der Waals surface area contributed by atoms with Gasteiger partial charge in [-0.3, -0.25) is 0 Å². The summed E-state index contributed by atoms with van der Waals surface area (Å²) in [6, 6.07) is 21.7. The van der Waals surface area contributed by atoms with Gasteiger partial charge in [-0.2, -0.15) is 0 Å². The molecule has 0 atom stereocenters. The van der Waals surface area contributed by atoms with Crippen LogP contribution in [0.4, 0.5) is 0 Å². The number of fused-ring (bicyclic) bond motifs is 3. The summed E-state index contributed by atoms with van der Waals surface area (Å²) < 4.78 is 3.47. The van der Waals surface area contributed by atoms with E-state index < -0.39 is 0 Å². The van der Waals surface area contributed by atoms with E-state index in [2.05, 4.69) is 121 Å². The average molecular weight is 538 g/mol. The van der Waals surface area contributed by atoms with Crippen molar-refractivity contribution in [3.63, 3.8) is 0 Å². The van der Waals surface area contributed by atoms with Crippen LogP contribution in [0.3, 0.4) is 0 Å². The highest BCUT2D eigenvalue weighted by molar-refractivity contribution is 14.1. The summed E-state index contributed by atoms with van der Waals surface area (Å²) in [6.45, 7) is 0. The number of hydrogen-bond donors (Lipinski definition) is 0. The van der Waals surface area contributed by atoms with E-state index in [4.69, 9.17) is 0 Å². The molecule has 3 aromatic rings. The minimum absolute atomic E-state index is 1.11. The fourth-order valence-electron chi connectivity index (χ4n) is 2.97. The molecule has 112 valence electrons. The summed E-state index contributed by atoms with van der Waals surface area (Å²) in [6.07, 6.45) is 2.28. The molecule has 3 heteroatoms. The van der Waals surface area contributed by atoms with Crippen LogP contribution in [0.2, 0.25) is 0 Å². The number of rotatable bonds is 1. The Kier molecular flexibility index (Phi) is 4.20. The van der Waals surface area contributed by atoms with Crippen LogP contribution in [0.5, 0.6) is 0 Å². The van der Waals surface area contributed by atoms with Gasteiger partial charge in [-0.25, -0.2) is 0 Å². The molecule has 23 heavy (non-hydrogen) atoms. The molecule has 0 nitrogen and oxygen atoms in total. The number of hydrogen-bond acceptors (Lipinski definition) is 0. The van der Waals surface area contributed by atoms with Crippen molar-refractivity contribution in [2.75, 3.05) is 0 Å². The standard InChI is InChI=1S/C20H11Br2I/c21-13-3-7-16-17-8-4-14(22)11-20(17)18(19(16)10-13)9-12-1-5-15(23)6-2-12/h1-11H. The first kappa shape index (κ1) is 15.6. The summed E-state index contributed by atoms with van der Waals surface area (Å²) in [5, 5.41) is 0. The lowest BCUT2D eigenvalue weighted by Gasteiger charge is -2.05. The molecule has 4 rings (SSSR count). The third kappa shape index (κ3) is 2.94. The van der Waals surface area contributed by atoms with Crippen LogP contribution in [-0.2, 0) is 0 Å². The van der Waals surface area contributed by atoms with Gasteiger partial charge < -0.3 is 0 Å². The lowest BCUT2D eigenvalue weighted by atomic mass is 10.0. The zero-order valence-corrected chi connectivity index (χ0v) is 17.3. The minimum Gasteiger partial charge on any atom is -0.0539 e. The van der Waals surface area contributed by atoms with Crippen molar-refractivity contribution < 1.29 is 0 Å². The van der Waals surface area contributed by atoms with Crippen molar-refractivity contribution in [2.45, 2.75) is 0 Å². The molecular weight excluding hydrogens is 527 g/mol. The highest BCUT2D eigenvalue weighted by Crippen LogP contribution is 2.46. The SMILES string of the molecule is Brc1ccc2c(c1)C(=Cc1ccc(I)cc1)c1cc(Br)ccc1-2. The van der Waals surface area contributed by atoms with E-state index in [1.807, 2.05) is 0 Å². The molecule has 0 aromatic heterocycles. The Morgan fingerprint density at radius 2 is 1.17 bits per heavy atom.